The Balaban J connectivity index is 1.89. The molecule has 0 radical (unpaired) electrons. The summed E-state index contributed by atoms with van der Waals surface area (Å²) in [7, 11) is 0. The molecular formula is C10H18O3. The lowest BCUT2D eigenvalue weighted by atomic mass is 10.1. The Kier molecular flexibility index (Phi) is 2.34. The molecule has 0 aliphatic carbocycles. The zero-order valence-corrected chi connectivity index (χ0v) is 8.58. The fourth-order valence-electron chi connectivity index (χ4n) is 2.01. The predicted octanol–water partition coefficient (Wildman–Crippen LogP) is 1.71. The van der Waals surface area contributed by atoms with Gasteiger partial charge in [0.2, 0.25) is 0 Å². The van der Waals surface area contributed by atoms with E-state index in [1.165, 1.54) is 0 Å². The molecule has 0 saturated carbocycles. The van der Waals surface area contributed by atoms with E-state index in [2.05, 4.69) is 6.92 Å². The molecule has 0 aromatic rings. The van der Waals surface area contributed by atoms with Gasteiger partial charge in [-0.3, -0.25) is 0 Å². The highest BCUT2D eigenvalue weighted by molar-refractivity contribution is 4.83. The molecule has 13 heavy (non-hydrogen) atoms. The third kappa shape index (κ3) is 2.03. The van der Waals surface area contributed by atoms with Crippen LogP contribution in [-0.2, 0) is 14.2 Å². The molecular weight excluding hydrogens is 168 g/mol. The Morgan fingerprint density at radius 2 is 1.92 bits per heavy atom. The molecule has 3 nitrogen and oxygen atoms in total. The molecule has 2 rings (SSSR count). The van der Waals surface area contributed by atoms with Gasteiger partial charge in [0, 0.05) is 0 Å². The SMILES string of the molecule is CC1CC[C@@H](C2COC(C)(C)O2)O1. The molecule has 2 saturated heterocycles. The van der Waals surface area contributed by atoms with Crippen LogP contribution in [0.1, 0.15) is 33.6 Å². The van der Waals surface area contributed by atoms with E-state index in [1.807, 2.05) is 13.8 Å². The van der Waals surface area contributed by atoms with E-state index in [1.54, 1.807) is 0 Å². The molecule has 2 heterocycles. The standard InChI is InChI=1S/C10H18O3/c1-7-4-5-8(12-7)9-6-11-10(2,3)13-9/h7-9H,4-6H2,1-3H3/t7?,8-,9?/m0/s1. The van der Waals surface area contributed by atoms with Crippen molar-refractivity contribution in [3.63, 3.8) is 0 Å². The van der Waals surface area contributed by atoms with Gasteiger partial charge in [0.15, 0.2) is 5.79 Å². The number of hydrogen-bond donors (Lipinski definition) is 0. The van der Waals surface area contributed by atoms with Crippen LogP contribution in [0.2, 0.25) is 0 Å². The molecule has 0 spiro atoms. The zero-order chi connectivity index (χ0) is 9.47. The van der Waals surface area contributed by atoms with Gasteiger partial charge < -0.3 is 14.2 Å². The van der Waals surface area contributed by atoms with Crippen LogP contribution in [0.3, 0.4) is 0 Å². The Labute approximate surface area is 79.4 Å². The highest BCUT2D eigenvalue weighted by Gasteiger charge is 2.40. The largest absolute Gasteiger partial charge is 0.372 e. The van der Waals surface area contributed by atoms with E-state index in [0.29, 0.717) is 12.7 Å². The summed E-state index contributed by atoms with van der Waals surface area (Å²) in [4.78, 5) is 0. The summed E-state index contributed by atoms with van der Waals surface area (Å²) >= 11 is 0. The van der Waals surface area contributed by atoms with Crippen LogP contribution in [0.4, 0.5) is 0 Å². The van der Waals surface area contributed by atoms with Gasteiger partial charge in [0.25, 0.3) is 0 Å². The van der Waals surface area contributed by atoms with Crippen molar-refractivity contribution in [2.45, 2.75) is 57.7 Å². The summed E-state index contributed by atoms with van der Waals surface area (Å²) in [6.45, 7) is 6.68. The van der Waals surface area contributed by atoms with E-state index < -0.39 is 5.79 Å². The maximum Gasteiger partial charge on any atom is 0.163 e. The van der Waals surface area contributed by atoms with Gasteiger partial charge in [-0.25, -0.2) is 0 Å². The molecule has 0 bridgehead atoms. The van der Waals surface area contributed by atoms with E-state index in [9.17, 15) is 0 Å². The molecule has 2 aliphatic heterocycles. The smallest absolute Gasteiger partial charge is 0.163 e. The second-order valence-electron chi connectivity index (χ2n) is 4.43. The second-order valence-corrected chi connectivity index (χ2v) is 4.43. The maximum atomic E-state index is 5.73. The highest BCUT2D eigenvalue weighted by Crippen LogP contribution is 2.31. The van der Waals surface area contributed by atoms with Crippen LogP contribution < -0.4 is 0 Å². The van der Waals surface area contributed by atoms with Crippen LogP contribution in [0, 0.1) is 0 Å². The Bertz CT molecular complexity index is 191. The van der Waals surface area contributed by atoms with Crippen molar-refractivity contribution in [1.82, 2.24) is 0 Å². The van der Waals surface area contributed by atoms with Crippen molar-refractivity contribution in [3.05, 3.63) is 0 Å². The van der Waals surface area contributed by atoms with E-state index >= 15 is 0 Å². The first kappa shape index (κ1) is 9.44. The van der Waals surface area contributed by atoms with Crippen molar-refractivity contribution in [1.29, 1.82) is 0 Å². The molecule has 0 amide bonds. The normalized spacial score (nSPS) is 44.1. The van der Waals surface area contributed by atoms with Crippen LogP contribution in [0.15, 0.2) is 0 Å². The molecule has 2 fully saturated rings. The molecule has 0 aromatic heterocycles. The highest BCUT2D eigenvalue weighted by atomic mass is 16.7. The molecule has 2 unspecified atom stereocenters. The first-order valence-electron chi connectivity index (χ1n) is 5.04. The van der Waals surface area contributed by atoms with Crippen molar-refractivity contribution in [3.8, 4) is 0 Å². The minimum atomic E-state index is -0.417. The van der Waals surface area contributed by atoms with E-state index in [4.69, 9.17) is 14.2 Å². The first-order chi connectivity index (χ1) is 6.07. The fraction of sp³-hybridized carbons (Fsp3) is 1.00. The molecule has 2 aliphatic rings. The number of hydrogen-bond acceptors (Lipinski definition) is 3. The third-order valence-electron chi connectivity index (χ3n) is 2.71. The molecule has 0 N–H and O–H groups in total. The van der Waals surface area contributed by atoms with Crippen molar-refractivity contribution in [2.24, 2.45) is 0 Å². The summed E-state index contributed by atoms with van der Waals surface area (Å²) < 4.78 is 17.0. The number of rotatable bonds is 1. The quantitative estimate of drug-likeness (QED) is 0.624. The van der Waals surface area contributed by atoms with E-state index in [-0.39, 0.29) is 12.2 Å². The molecule has 3 heteroatoms. The minimum absolute atomic E-state index is 0.139. The van der Waals surface area contributed by atoms with Gasteiger partial charge in [-0.2, -0.15) is 0 Å². The van der Waals surface area contributed by atoms with Gasteiger partial charge in [-0.15, -0.1) is 0 Å². The monoisotopic (exact) mass is 186 g/mol. The van der Waals surface area contributed by atoms with Crippen LogP contribution >= 0.6 is 0 Å². The maximum absolute atomic E-state index is 5.73. The van der Waals surface area contributed by atoms with Crippen molar-refractivity contribution < 1.29 is 14.2 Å². The third-order valence-corrected chi connectivity index (χ3v) is 2.71. The van der Waals surface area contributed by atoms with Gasteiger partial charge in [-0.05, 0) is 33.6 Å². The summed E-state index contributed by atoms with van der Waals surface area (Å²) in [6, 6.07) is 0. The molecule has 0 aromatic carbocycles. The topological polar surface area (TPSA) is 27.7 Å². The minimum Gasteiger partial charge on any atom is -0.372 e. The van der Waals surface area contributed by atoms with Crippen LogP contribution in [0.5, 0.6) is 0 Å². The summed E-state index contributed by atoms with van der Waals surface area (Å²) in [5, 5.41) is 0. The van der Waals surface area contributed by atoms with Crippen molar-refractivity contribution in [2.75, 3.05) is 6.61 Å². The molecule has 3 atom stereocenters. The lowest BCUT2D eigenvalue weighted by Crippen LogP contribution is -2.30. The molecule has 76 valence electrons. The zero-order valence-electron chi connectivity index (χ0n) is 8.58. The summed E-state index contributed by atoms with van der Waals surface area (Å²) in [6.07, 6.45) is 3.02. The van der Waals surface area contributed by atoms with E-state index in [0.717, 1.165) is 12.8 Å². The first-order valence-corrected chi connectivity index (χ1v) is 5.04. The van der Waals surface area contributed by atoms with Crippen molar-refractivity contribution >= 4 is 0 Å². The Morgan fingerprint density at radius 1 is 1.15 bits per heavy atom. The van der Waals surface area contributed by atoms with Crippen LogP contribution in [0.25, 0.3) is 0 Å². The lowest BCUT2D eigenvalue weighted by molar-refractivity contribution is -0.154. The summed E-state index contributed by atoms with van der Waals surface area (Å²) in [5.74, 6) is -0.417. The van der Waals surface area contributed by atoms with Gasteiger partial charge in [0.05, 0.1) is 18.8 Å². The predicted molar refractivity (Wildman–Crippen MR) is 48.5 cm³/mol. The van der Waals surface area contributed by atoms with Gasteiger partial charge in [0.1, 0.15) is 6.10 Å². The second kappa shape index (κ2) is 3.23. The Hall–Kier alpha value is -0.120. The van der Waals surface area contributed by atoms with Gasteiger partial charge >= 0.3 is 0 Å². The average molecular weight is 186 g/mol. The Morgan fingerprint density at radius 3 is 2.38 bits per heavy atom. The van der Waals surface area contributed by atoms with Crippen LogP contribution in [-0.4, -0.2) is 30.7 Å². The summed E-state index contributed by atoms with van der Waals surface area (Å²) in [5.41, 5.74) is 0. The lowest BCUT2D eigenvalue weighted by Gasteiger charge is -2.20. The fourth-order valence-corrected chi connectivity index (χ4v) is 2.01. The van der Waals surface area contributed by atoms with Gasteiger partial charge in [-0.1, -0.05) is 0 Å². The average Bonchev–Trinajstić information content (AvgIpc) is 2.56. The number of ether oxygens (including phenoxy) is 3.